The van der Waals surface area contributed by atoms with E-state index < -0.39 is 0 Å². The fourth-order valence-electron chi connectivity index (χ4n) is 0.539. The molecule has 2 atom stereocenters. The number of hydrogen-bond donors (Lipinski definition) is 2. The Kier molecular flexibility index (Phi) is 0.867. The molecule has 0 aromatic rings. The molecule has 1 saturated carbocycles. The van der Waals surface area contributed by atoms with E-state index in [2.05, 4.69) is 0 Å². The monoisotopic (exact) mass is 101 g/mol. The molecule has 0 amide bonds. The third kappa shape index (κ3) is 0.536. The number of carbonyl (C=O) groups excluding carboxylic acids is 1. The highest BCUT2D eigenvalue weighted by molar-refractivity contribution is 6.02. The van der Waals surface area contributed by atoms with Crippen molar-refractivity contribution in [1.29, 1.82) is 0 Å². The van der Waals surface area contributed by atoms with Crippen LogP contribution in [-0.2, 0) is 4.79 Å². The molecule has 0 saturated heterocycles. The van der Waals surface area contributed by atoms with Gasteiger partial charge in [-0.1, -0.05) is 6.92 Å². The number of ketones is 1. The van der Waals surface area contributed by atoms with Crippen LogP contribution in [0.4, 0.5) is 0 Å². The van der Waals surface area contributed by atoms with Crippen molar-refractivity contribution < 1.29 is 10.0 Å². The summed E-state index contributed by atoms with van der Waals surface area (Å²) < 4.78 is 0. The smallest absolute Gasteiger partial charge is 0.157 e. The molecule has 1 rings (SSSR count). The highest BCUT2D eigenvalue weighted by atomic mass is 16.5. The van der Waals surface area contributed by atoms with Crippen LogP contribution in [0.5, 0.6) is 0 Å². The average Bonchev–Trinajstić information content (AvgIpc) is 2.17. The molecular weight excluding hydrogens is 94.0 g/mol. The Morgan fingerprint density at radius 1 is 1.86 bits per heavy atom. The molecule has 7 heavy (non-hydrogen) atoms. The van der Waals surface area contributed by atoms with Crippen LogP contribution in [0.15, 0.2) is 0 Å². The van der Waals surface area contributed by atoms with Gasteiger partial charge in [-0.3, -0.25) is 4.79 Å². The normalized spacial score (nSPS) is 38.9. The van der Waals surface area contributed by atoms with Crippen molar-refractivity contribution in [3.8, 4) is 0 Å². The minimum Gasteiger partial charge on any atom is -0.316 e. The summed E-state index contributed by atoms with van der Waals surface area (Å²) in [4.78, 5) is 10.2. The fourth-order valence-corrected chi connectivity index (χ4v) is 0.539. The summed E-state index contributed by atoms with van der Waals surface area (Å²) in [5.41, 5.74) is 1.89. The summed E-state index contributed by atoms with van der Waals surface area (Å²) >= 11 is 0. The number of Topliss-reactive ketones (excluding diaryl/α,β-unsaturated/α-hetero) is 1. The van der Waals surface area contributed by atoms with Crippen LogP contribution in [0, 0.1) is 5.92 Å². The van der Waals surface area contributed by atoms with Gasteiger partial charge < -0.3 is 5.21 Å². The summed E-state index contributed by atoms with van der Waals surface area (Å²) in [6.45, 7) is 1.77. The van der Waals surface area contributed by atoms with E-state index in [9.17, 15) is 4.79 Å². The first-order valence-electron chi connectivity index (χ1n) is 2.20. The van der Waals surface area contributed by atoms with E-state index in [-0.39, 0.29) is 17.7 Å². The molecule has 3 nitrogen and oxygen atoms in total. The Bertz CT molecular complexity index is 102. The molecule has 0 aromatic heterocycles. The number of carbonyl (C=O) groups is 1. The largest absolute Gasteiger partial charge is 0.316 e. The van der Waals surface area contributed by atoms with E-state index in [1.54, 1.807) is 6.92 Å². The lowest BCUT2D eigenvalue weighted by molar-refractivity contribution is -0.112. The molecule has 1 aliphatic carbocycles. The van der Waals surface area contributed by atoms with Crippen molar-refractivity contribution in [2.45, 2.75) is 13.0 Å². The summed E-state index contributed by atoms with van der Waals surface area (Å²) in [5, 5.41) is 8.08. The zero-order chi connectivity index (χ0) is 5.44. The van der Waals surface area contributed by atoms with Gasteiger partial charge in [-0.05, 0) is 0 Å². The van der Waals surface area contributed by atoms with Gasteiger partial charge in [0.05, 0.1) is 0 Å². The van der Waals surface area contributed by atoms with E-state index in [1.807, 2.05) is 5.48 Å². The second-order valence-electron chi connectivity index (χ2n) is 1.80. The summed E-state index contributed by atoms with van der Waals surface area (Å²) in [5.74, 6) is 0.132. The van der Waals surface area contributed by atoms with Crippen LogP contribution in [-0.4, -0.2) is 17.0 Å². The molecule has 0 aliphatic heterocycles. The summed E-state index contributed by atoms with van der Waals surface area (Å²) in [6, 6.07) is -0.264. The number of nitrogens with one attached hydrogen (secondary N) is 1. The van der Waals surface area contributed by atoms with Crippen LogP contribution in [0.3, 0.4) is 0 Å². The Hall–Kier alpha value is -0.410. The summed E-state index contributed by atoms with van der Waals surface area (Å²) in [7, 11) is 0. The molecule has 1 aliphatic rings. The zero-order valence-electron chi connectivity index (χ0n) is 4.01. The first kappa shape index (κ1) is 4.74. The Morgan fingerprint density at radius 3 is 2.29 bits per heavy atom. The molecule has 2 N–H and O–H groups in total. The number of rotatable bonds is 1. The van der Waals surface area contributed by atoms with Gasteiger partial charge in [-0.2, -0.15) is 5.48 Å². The Labute approximate surface area is 41.3 Å². The van der Waals surface area contributed by atoms with E-state index >= 15 is 0 Å². The van der Waals surface area contributed by atoms with Gasteiger partial charge in [-0.25, -0.2) is 0 Å². The molecule has 0 spiro atoms. The highest BCUT2D eigenvalue weighted by Crippen LogP contribution is 2.22. The molecule has 2 unspecified atom stereocenters. The molecule has 0 radical (unpaired) electrons. The topological polar surface area (TPSA) is 49.3 Å². The molecule has 0 heterocycles. The molecular formula is C4H7NO2. The second-order valence-corrected chi connectivity index (χ2v) is 1.80. The van der Waals surface area contributed by atoms with Gasteiger partial charge in [0.15, 0.2) is 5.78 Å². The number of hydroxylamine groups is 1. The fraction of sp³-hybridized carbons (Fsp3) is 0.750. The van der Waals surface area contributed by atoms with Gasteiger partial charge in [0, 0.05) is 5.92 Å². The van der Waals surface area contributed by atoms with E-state index in [0.29, 0.717) is 0 Å². The predicted molar refractivity (Wildman–Crippen MR) is 22.9 cm³/mol. The Morgan fingerprint density at radius 2 is 2.29 bits per heavy atom. The van der Waals surface area contributed by atoms with Crippen molar-refractivity contribution in [1.82, 2.24) is 5.48 Å². The van der Waals surface area contributed by atoms with E-state index in [4.69, 9.17) is 5.21 Å². The SMILES string of the molecule is CC1C(=O)C1NO. The van der Waals surface area contributed by atoms with Gasteiger partial charge in [0.2, 0.25) is 0 Å². The number of hydrogen-bond acceptors (Lipinski definition) is 3. The minimum absolute atomic E-state index is 0.0324. The van der Waals surface area contributed by atoms with Crippen molar-refractivity contribution in [2.24, 2.45) is 5.92 Å². The maximum Gasteiger partial charge on any atom is 0.157 e. The molecule has 40 valence electrons. The molecule has 3 heteroatoms. The van der Waals surface area contributed by atoms with Crippen molar-refractivity contribution in [2.75, 3.05) is 0 Å². The highest BCUT2D eigenvalue weighted by Gasteiger charge is 2.44. The van der Waals surface area contributed by atoms with Gasteiger partial charge >= 0.3 is 0 Å². The molecule has 0 aromatic carbocycles. The van der Waals surface area contributed by atoms with E-state index in [1.165, 1.54) is 0 Å². The lowest BCUT2D eigenvalue weighted by Crippen LogP contribution is -2.12. The van der Waals surface area contributed by atoms with Crippen molar-refractivity contribution >= 4 is 5.78 Å². The third-order valence-electron chi connectivity index (χ3n) is 1.29. The maximum atomic E-state index is 10.2. The van der Waals surface area contributed by atoms with Crippen LogP contribution < -0.4 is 5.48 Å². The van der Waals surface area contributed by atoms with Crippen LogP contribution in [0.1, 0.15) is 6.92 Å². The predicted octanol–water partition coefficient (Wildman–Crippen LogP) is -0.447. The van der Waals surface area contributed by atoms with Crippen molar-refractivity contribution in [3.05, 3.63) is 0 Å². The molecule has 0 bridgehead atoms. The average molecular weight is 101 g/mol. The van der Waals surface area contributed by atoms with Gasteiger partial charge in [-0.15, -0.1) is 0 Å². The quantitative estimate of drug-likeness (QED) is 0.440. The lowest BCUT2D eigenvalue weighted by Gasteiger charge is -1.80. The first-order valence-corrected chi connectivity index (χ1v) is 2.20. The lowest BCUT2D eigenvalue weighted by atomic mass is 10.5. The summed E-state index contributed by atoms with van der Waals surface area (Å²) in [6.07, 6.45) is 0. The third-order valence-corrected chi connectivity index (χ3v) is 1.29. The standard InChI is InChI=1S/C4H7NO2/c1-2-3(5-7)4(2)6/h2-3,5,7H,1H3. The molecule has 1 fully saturated rings. The Balaban J connectivity index is 2.38. The zero-order valence-corrected chi connectivity index (χ0v) is 4.01. The maximum absolute atomic E-state index is 10.2. The van der Waals surface area contributed by atoms with Gasteiger partial charge in [0.25, 0.3) is 0 Å². The van der Waals surface area contributed by atoms with Crippen LogP contribution in [0.2, 0.25) is 0 Å². The minimum atomic E-state index is -0.264. The second kappa shape index (κ2) is 1.28. The van der Waals surface area contributed by atoms with Crippen LogP contribution in [0.25, 0.3) is 0 Å². The van der Waals surface area contributed by atoms with Crippen LogP contribution >= 0.6 is 0 Å². The first-order chi connectivity index (χ1) is 3.27. The van der Waals surface area contributed by atoms with Crippen molar-refractivity contribution in [3.63, 3.8) is 0 Å². The van der Waals surface area contributed by atoms with Gasteiger partial charge in [0.1, 0.15) is 6.04 Å². The van der Waals surface area contributed by atoms with E-state index in [0.717, 1.165) is 0 Å².